The van der Waals surface area contributed by atoms with Crippen LogP contribution >= 0.6 is 0 Å². The number of ether oxygens (including phenoxy) is 1. The van der Waals surface area contributed by atoms with E-state index < -0.39 is 0 Å². The van der Waals surface area contributed by atoms with Gasteiger partial charge in [-0.15, -0.1) is 0 Å². The van der Waals surface area contributed by atoms with Crippen molar-refractivity contribution >= 4 is 17.3 Å². The maximum absolute atomic E-state index is 12.2. The van der Waals surface area contributed by atoms with Crippen molar-refractivity contribution in [3.05, 3.63) is 54.1 Å². The Morgan fingerprint density at radius 2 is 1.75 bits per heavy atom. The minimum absolute atomic E-state index is 0.0113. The van der Waals surface area contributed by atoms with Gasteiger partial charge in [-0.25, -0.2) is 0 Å². The van der Waals surface area contributed by atoms with E-state index >= 15 is 0 Å². The summed E-state index contributed by atoms with van der Waals surface area (Å²) >= 11 is 0. The average molecular weight is 324 g/mol. The van der Waals surface area contributed by atoms with Gasteiger partial charge in [0.15, 0.2) is 6.61 Å². The number of hydrogen-bond acceptors (Lipinski definition) is 3. The molecule has 1 saturated heterocycles. The molecule has 1 amide bonds. The normalized spacial score (nSPS) is 14.3. The van der Waals surface area contributed by atoms with Crippen LogP contribution in [0.5, 0.6) is 5.75 Å². The molecule has 0 unspecified atom stereocenters. The number of nitrogens with zero attached hydrogens (tertiary/aromatic N) is 1. The number of para-hydroxylation sites is 2. The summed E-state index contributed by atoms with van der Waals surface area (Å²) in [5.41, 5.74) is 3.13. The molecule has 1 N–H and O–H groups in total. The van der Waals surface area contributed by atoms with Gasteiger partial charge in [0.25, 0.3) is 5.91 Å². The highest BCUT2D eigenvalue weighted by Gasteiger charge is 2.15. The SMILES string of the molecule is Cc1ccc(OCC(=O)Nc2ccccc2N2CCCCC2)cc1. The van der Waals surface area contributed by atoms with Crippen LogP contribution in [0, 0.1) is 6.92 Å². The highest BCUT2D eigenvalue weighted by molar-refractivity contribution is 5.95. The van der Waals surface area contributed by atoms with Gasteiger partial charge in [-0.1, -0.05) is 29.8 Å². The van der Waals surface area contributed by atoms with Crippen molar-refractivity contribution in [2.75, 3.05) is 29.9 Å². The summed E-state index contributed by atoms with van der Waals surface area (Å²) in [6.07, 6.45) is 3.70. The van der Waals surface area contributed by atoms with Crippen LogP contribution in [0.15, 0.2) is 48.5 Å². The zero-order valence-corrected chi connectivity index (χ0v) is 14.1. The van der Waals surface area contributed by atoms with Gasteiger partial charge in [0.2, 0.25) is 0 Å². The first-order chi connectivity index (χ1) is 11.7. The topological polar surface area (TPSA) is 41.6 Å². The number of rotatable bonds is 5. The summed E-state index contributed by atoms with van der Waals surface area (Å²) in [7, 11) is 0. The first kappa shape index (κ1) is 16.4. The van der Waals surface area contributed by atoms with E-state index in [2.05, 4.69) is 16.3 Å². The lowest BCUT2D eigenvalue weighted by atomic mass is 10.1. The van der Waals surface area contributed by atoms with E-state index in [4.69, 9.17) is 4.74 Å². The monoisotopic (exact) mass is 324 g/mol. The molecule has 0 spiro atoms. The van der Waals surface area contributed by atoms with E-state index in [0.717, 1.165) is 24.5 Å². The Balaban J connectivity index is 1.60. The van der Waals surface area contributed by atoms with Crippen LogP contribution in [0.3, 0.4) is 0 Å². The molecule has 0 bridgehead atoms. The summed E-state index contributed by atoms with van der Waals surface area (Å²) < 4.78 is 5.55. The molecule has 1 aliphatic rings. The van der Waals surface area contributed by atoms with Gasteiger partial charge in [-0.3, -0.25) is 4.79 Å². The zero-order valence-electron chi connectivity index (χ0n) is 14.1. The van der Waals surface area contributed by atoms with Crippen molar-refractivity contribution in [1.29, 1.82) is 0 Å². The molecule has 1 fully saturated rings. The minimum atomic E-state index is -0.139. The summed E-state index contributed by atoms with van der Waals surface area (Å²) in [5, 5.41) is 2.98. The number of nitrogens with one attached hydrogen (secondary N) is 1. The fourth-order valence-corrected chi connectivity index (χ4v) is 2.96. The maximum Gasteiger partial charge on any atom is 0.262 e. The van der Waals surface area contributed by atoms with Crippen molar-refractivity contribution in [2.45, 2.75) is 26.2 Å². The number of anilines is 2. The number of carbonyl (C=O) groups is 1. The van der Waals surface area contributed by atoms with Crippen LogP contribution in [-0.2, 0) is 4.79 Å². The predicted octanol–water partition coefficient (Wildman–Crippen LogP) is 4.00. The van der Waals surface area contributed by atoms with Gasteiger partial charge in [0.1, 0.15) is 5.75 Å². The summed E-state index contributed by atoms with van der Waals surface area (Å²) in [5.74, 6) is 0.570. The van der Waals surface area contributed by atoms with Gasteiger partial charge in [0.05, 0.1) is 11.4 Å². The van der Waals surface area contributed by atoms with Crippen LogP contribution in [-0.4, -0.2) is 25.6 Å². The van der Waals surface area contributed by atoms with Crippen molar-refractivity contribution in [3.8, 4) is 5.75 Å². The fraction of sp³-hybridized carbons (Fsp3) is 0.350. The van der Waals surface area contributed by atoms with Gasteiger partial charge >= 0.3 is 0 Å². The third kappa shape index (κ3) is 4.28. The Hall–Kier alpha value is -2.49. The molecule has 0 atom stereocenters. The highest BCUT2D eigenvalue weighted by atomic mass is 16.5. The zero-order chi connectivity index (χ0) is 16.8. The maximum atomic E-state index is 12.2. The lowest BCUT2D eigenvalue weighted by Gasteiger charge is -2.30. The minimum Gasteiger partial charge on any atom is -0.484 e. The van der Waals surface area contributed by atoms with Crippen molar-refractivity contribution in [2.24, 2.45) is 0 Å². The molecule has 1 heterocycles. The van der Waals surface area contributed by atoms with Gasteiger partial charge in [-0.05, 0) is 50.5 Å². The van der Waals surface area contributed by atoms with E-state index in [-0.39, 0.29) is 12.5 Å². The molecule has 3 rings (SSSR count). The largest absolute Gasteiger partial charge is 0.484 e. The van der Waals surface area contributed by atoms with Gasteiger partial charge < -0.3 is 15.0 Å². The number of piperidine rings is 1. The molecule has 1 aliphatic heterocycles. The molecule has 0 radical (unpaired) electrons. The van der Waals surface area contributed by atoms with Crippen LogP contribution in [0.1, 0.15) is 24.8 Å². The number of hydrogen-bond donors (Lipinski definition) is 1. The standard InChI is InChI=1S/C20H24N2O2/c1-16-9-11-17(12-10-16)24-15-20(23)21-18-7-3-4-8-19(18)22-13-5-2-6-14-22/h3-4,7-12H,2,5-6,13-15H2,1H3,(H,21,23). The van der Waals surface area contributed by atoms with E-state index in [0.29, 0.717) is 5.75 Å². The van der Waals surface area contributed by atoms with Gasteiger partial charge in [0, 0.05) is 13.1 Å². The van der Waals surface area contributed by atoms with Crippen LogP contribution in [0.25, 0.3) is 0 Å². The van der Waals surface area contributed by atoms with E-state index in [1.165, 1.54) is 24.8 Å². The molecule has 4 heteroatoms. The molecular formula is C20H24N2O2. The van der Waals surface area contributed by atoms with E-state index in [1.54, 1.807) is 0 Å². The summed E-state index contributed by atoms with van der Waals surface area (Å²) in [6, 6.07) is 15.7. The summed E-state index contributed by atoms with van der Waals surface area (Å²) in [6.45, 7) is 4.13. The second kappa shape index (κ2) is 7.86. The third-order valence-electron chi connectivity index (χ3n) is 4.27. The van der Waals surface area contributed by atoms with Crippen molar-refractivity contribution < 1.29 is 9.53 Å². The Bertz CT molecular complexity index is 676. The fourth-order valence-electron chi connectivity index (χ4n) is 2.96. The average Bonchev–Trinajstić information content (AvgIpc) is 2.62. The molecule has 2 aromatic carbocycles. The smallest absolute Gasteiger partial charge is 0.262 e. The second-order valence-electron chi connectivity index (χ2n) is 6.21. The van der Waals surface area contributed by atoms with Crippen molar-refractivity contribution in [1.82, 2.24) is 0 Å². The Morgan fingerprint density at radius 3 is 2.50 bits per heavy atom. The molecule has 0 aromatic heterocycles. The lowest BCUT2D eigenvalue weighted by Crippen LogP contribution is -2.30. The predicted molar refractivity (Wildman–Crippen MR) is 97.8 cm³/mol. The Morgan fingerprint density at radius 1 is 1.04 bits per heavy atom. The number of amides is 1. The molecule has 0 saturated carbocycles. The number of benzene rings is 2. The van der Waals surface area contributed by atoms with Crippen LogP contribution < -0.4 is 15.0 Å². The first-order valence-corrected chi connectivity index (χ1v) is 8.56. The van der Waals surface area contributed by atoms with E-state index in [9.17, 15) is 4.79 Å². The lowest BCUT2D eigenvalue weighted by molar-refractivity contribution is -0.118. The molecular weight excluding hydrogens is 300 g/mol. The quantitative estimate of drug-likeness (QED) is 0.904. The molecule has 24 heavy (non-hydrogen) atoms. The Kier molecular flexibility index (Phi) is 5.36. The third-order valence-corrected chi connectivity index (χ3v) is 4.27. The van der Waals surface area contributed by atoms with E-state index in [1.807, 2.05) is 49.4 Å². The van der Waals surface area contributed by atoms with Crippen LogP contribution in [0.2, 0.25) is 0 Å². The molecule has 4 nitrogen and oxygen atoms in total. The number of aryl methyl sites for hydroxylation is 1. The first-order valence-electron chi connectivity index (χ1n) is 8.56. The van der Waals surface area contributed by atoms with Crippen molar-refractivity contribution in [3.63, 3.8) is 0 Å². The number of carbonyl (C=O) groups excluding carboxylic acids is 1. The molecule has 126 valence electrons. The highest BCUT2D eigenvalue weighted by Crippen LogP contribution is 2.28. The molecule has 2 aromatic rings. The summed E-state index contributed by atoms with van der Waals surface area (Å²) in [4.78, 5) is 14.6. The Labute approximate surface area is 143 Å². The van der Waals surface area contributed by atoms with Gasteiger partial charge in [-0.2, -0.15) is 0 Å². The van der Waals surface area contributed by atoms with Crippen LogP contribution in [0.4, 0.5) is 11.4 Å². The second-order valence-corrected chi connectivity index (χ2v) is 6.21. The molecule has 0 aliphatic carbocycles.